The van der Waals surface area contributed by atoms with Gasteiger partial charge in [0.1, 0.15) is 0 Å². The van der Waals surface area contributed by atoms with Gasteiger partial charge in [-0.2, -0.15) is 5.10 Å². The molecule has 2 N–H and O–H groups in total. The zero-order chi connectivity index (χ0) is 13.3. The van der Waals surface area contributed by atoms with E-state index in [0.717, 1.165) is 45.8 Å². The van der Waals surface area contributed by atoms with Crippen molar-refractivity contribution in [3.63, 3.8) is 0 Å². The Bertz CT molecular complexity index is 575. The maximum Gasteiger partial charge on any atom is 0.156 e. The summed E-state index contributed by atoms with van der Waals surface area (Å²) in [6.07, 6.45) is 3.46. The normalized spacial score (nSPS) is 10.9. The molecule has 0 saturated heterocycles. The van der Waals surface area contributed by atoms with Gasteiger partial charge in [-0.15, -0.1) is 0 Å². The Morgan fingerprint density at radius 1 is 1.33 bits per heavy atom. The second-order valence-electron chi connectivity index (χ2n) is 4.22. The topological polar surface area (TPSA) is 56.7 Å². The van der Waals surface area contributed by atoms with Crippen LogP contribution in [0.5, 0.6) is 0 Å². The second kappa shape index (κ2) is 5.10. The van der Waals surface area contributed by atoms with E-state index in [2.05, 4.69) is 39.9 Å². The summed E-state index contributed by atoms with van der Waals surface area (Å²) in [5.74, 6) is 0.849. The van der Waals surface area contributed by atoms with Gasteiger partial charge in [-0.25, -0.2) is 9.67 Å². The van der Waals surface area contributed by atoms with E-state index >= 15 is 0 Å². The minimum absolute atomic E-state index is 0.795. The molecule has 0 fully saturated rings. The lowest BCUT2D eigenvalue weighted by Crippen LogP contribution is -2.06. The predicted octanol–water partition coefficient (Wildman–Crippen LogP) is 3.05. The van der Waals surface area contributed by atoms with Crippen LogP contribution in [0.4, 0.5) is 5.69 Å². The molecule has 0 unspecified atom stereocenters. The number of anilines is 1. The molecule has 0 aliphatic rings. The zero-order valence-electron chi connectivity index (χ0n) is 10.9. The van der Waals surface area contributed by atoms with Crippen molar-refractivity contribution >= 4 is 21.6 Å². The highest BCUT2D eigenvalue weighted by Crippen LogP contribution is 2.24. The van der Waals surface area contributed by atoms with Crippen molar-refractivity contribution < 1.29 is 0 Å². The SMILES string of the molecule is CCc1nn(-c2ncc(Br)cc2C)c(CC)c1N. The molecular formula is C13H17BrN4. The number of nitrogens with two attached hydrogens (primary N) is 1. The van der Waals surface area contributed by atoms with Crippen LogP contribution in [-0.2, 0) is 12.8 Å². The number of halogens is 1. The summed E-state index contributed by atoms with van der Waals surface area (Å²) in [5, 5.41) is 4.57. The standard InChI is InChI=1S/C13H17BrN4/c1-4-10-12(15)11(5-2)18(17-10)13-8(3)6-9(14)7-16-13/h6-7H,4-5,15H2,1-3H3. The molecule has 2 heterocycles. The van der Waals surface area contributed by atoms with Crippen LogP contribution in [-0.4, -0.2) is 14.8 Å². The molecule has 0 bridgehead atoms. The van der Waals surface area contributed by atoms with E-state index in [4.69, 9.17) is 5.73 Å². The average Bonchev–Trinajstić information content (AvgIpc) is 2.65. The van der Waals surface area contributed by atoms with Crippen LogP contribution in [0.2, 0.25) is 0 Å². The fourth-order valence-electron chi connectivity index (χ4n) is 2.05. The summed E-state index contributed by atoms with van der Waals surface area (Å²) in [6, 6.07) is 2.03. The first-order valence-corrected chi connectivity index (χ1v) is 6.86. The van der Waals surface area contributed by atoms with Crippen molar-refractivity contribution in [2.24, 2.45) is 0 Å². The Kier molecular flexibility index (Phi) is 3.71. The summed E-state index contributed by atoms with van der Waals surface area (Å²) in [6.45, 7) is 6.16. The number of hydrogen-bond acceptors (Lipinski definition) is 3. The van der Waals surface area contributed by atoms with E-state index < -0.39 is 0 Å². The van der Waals surface area contributed by atoms with Gasteiger partial charge in [0.05, 0.1) is 17.1 Å². The fourth-order valence-corrected chi connectivity index (χ4v) is 2.49. The Morgan fingerprint density at radius 2 is 2.06 bits per heavy atom. The Labute approximate surface area is 115 Å². The van der Waals surface area contributed by atoms with E-state index in [0.29, 0.717) is 0 Å². The van der Waals surface area contributed by atoms with Crippen molar-refractivity contribution in [3.05, 3.63) is 33.7 Å². The second-order valence-corrected chi connectivity index (χ2v) is 5.14. The quantitative estimate of drug-likeness (QED) is 0.948. The number of hydrogen-bond donors (Lipinski definition) is 1. The number of rotatable bonds is 3. The molecule has 5 heteroatoms. The number of nitrogen functional groups attached to an aromatic ring is 1. The number of nitrogens with zero attached hydrogens (tertiary/aromatic N) is 3. The number of aromatic nitrogens is 3. The molecule has 0 aliphatic carbocycles. The van der Waals surface area contributed by atoms with Crippen LogP contribution >= 0.6 is 15.9 Å². The number of pyridine rings is 1. The Hall–Kier alpha value is -1.36. The van der Waals surface area contributed by atoms with Crippen LogP contribution in [0.1, 0.15) is 30.8 Å². The summed E-state index contributed by atoms with van der Waals surface area (Å²) >= 11 is 3.42. The zero-order valence-corrected chi connectivity index (χ0v) is 12.5. The molecule has 4 nitrogen and oxygen atoms in total. The first kappa shape index (κ1) is 13.1. The van der Waals surface area contributed by atoms with Crippen LogP contribution in [0.3, 0.4) is 0 Å². The molecule has 0 radical (unpaired) electrons. The monoisotopic (exact) mass is 308 g/mol. The summed E-state index contributed by atoms with van der Waals surface area (Å²) in [7, 11) is 0. The van der Waals surface area contributed by atoms with Gasteiger partial charge in [0.2, 0.25) is 0 Å². The van der Waals surface area contributed by atoms with Crippen LogP contribution in [0.25, 0.3) is 5.82 Å². The molecule has 0 aromatic carbocycles. The third-order valence-electron chi connectivity index (χ3n) is 2.99. The van der Waals surface area contributed by atoms with Crippen LogP contribution < -0.4 is 5.73 Å². The third kappa shape index (κ3) is 2.14. The first-order valence-electron chi connectivity index (χ1n) is 6.07. The summed E-state index contributed by atoms with van der Waals surface area (Å²) in [5.41, 5.74) is 9.96. The molecule has 0 atom stereocenters. The Morgan fingerprint density at radius 3 is 2.61 bits per heavy atom. The first-order chi connectivity index (χ1) is 8.58. The van der Waals surface area contributed by atoms with Crippen LogP contribution in [0, 0.1) is 6.92 Å². The molecule has 0 aliphatic heterocycles. The van der Waals surface area contributed by atoms with Crippen LogP contribution in [0.15, 0.2) is 16.7 Å². The predicted molar refractivity (Wildman–Crippen MR) is 77.0 cm³/mol. The largest absolute Gasteiger partial charge is 0.396 e. The third-order valence-corrected chi connectivity index (χ3v) is 3.42. The highest BCUT2D eigenvalue weighted by molar-refractivity contribution is 9.10. The number of aryl methyl sites for hydroxylation is 2. The lowest BCUT2D eigenvalue weighted by Gasteiger charge is -2.08. The van der Waals surface area contributed by atoms with Gasteiger partial charge in [0.25, 0.3) is 0 Å². The minimum Gasteiger partial charge on any atom is -0.396 e. The van der Waals surface area contributed by atoms with Gasteiger partial charge in [-0.3, -0.25) is 0 Å². The van der Waals surface area contributed by atoms with Crippen molar-refractivity contribution in [2.75, 3.05) is 5.73 Å². The maximum atomic E-state index is 6.12. The van der Waals surface area contributed by atoms with E-state index in [1.807, 2.05) is 17.7 Å². The molecule has 2 rings (SSSR count). The highest BCUT2D eigenvalue weighted by Gasteiger charge is 2.16. The van der Waals surface area contributed by atoms with E-state index in [-0.39, 0.29) is 0 Å². The molecule has 96 valence electrons. The fraction of sp³-hybridized carbons (Fsp3) is 0.385. The lowest BCUT2D eigenvalue weighted by molar-refractivity contribution is 0.766. The Balaban J connectivity index is 2.63. The maximum absolute atomic E-state index is 6.12. The molecule has 0 spiro atoms. The van der Waals surface area contributed by atoms with Crippen molar-refractivity contribution in [1.29, 1.82) is 0 Å². The summed E-state index contributed by atoms with van der Waals surface area (Å²) in [4.78, 5) is 4.44. The minimum atomic E-state index is 0.795. The van der Waals surface area contributed by atoms with Crippen molar-refractivity contribution in [2.45, 2.75) is 33.6 Å². The van der Waals surface area contributed by atoms with Crippen molar-refractivity contribution in [1.82, 2.24) is 14.8 Å². The molecular weight excluding hydrogens is 292 g/mol. The van der Waals surface area contributed by atoms with Gasteiger partial charge >= 0.3 is 0 Å². The molecule has 18 heavy (non-hydrogen) atoms. The van der Waals surface area contributed by atoms with Crippen molar-refractivity contribution in [3.8, 4) is 5.82 Å². The molecule has 2 aromatic heterocycles. The molecule has 0 amide bonds. The summed E-state index contributed by atoms with van der Waals surface area (Å²) < 4.78 is 2.84. The smallest absolute Gasteiger partial charge is 0.156 e. The lowest BCUT2D eigenvalue weighted by atomic mass is 10.2. The molecule has 2 aromatic rings. The van der Waals surface area contributed by atoms with E-state index in [9.17, 15) is 0 Å². The van der Waals surface area contributed by atoms with E-state index in [1.54, 1.807) is 6.20 Å². The van der Waals surface area contributed by atoms with E-state index in [1.165, 1.54) is 0 Å². The van der Waals surface area contributed by atoms with Gasteiger partial charge in [0, 0.05) is 10.7 Å². The van der Waals surface area contributed by atoms with Gasteiger partial charge in [-0.05, 0) is 47.3 Å². The van der Waals surface area contributed by atoms with Gasteiger partial charge in [-0.1, -0.05) is 13.8 Å². The molecule has 0 saturated carbocycles. The average molecular weight is 309 g/mol. The highest BCUT2D eigenvalue weighted by atomic mass is 79.9. The van der Waals surface area contributed by atoms with Gasteiger partial charge in [0.15, 0.2) is 5.82 Å². The van der Waals surface area contributed by atoms with Gasteiger partial charge < -0.3 is 5.73 Å².